The van der Waals surface area contributed by atoms with Crippen molar-refractivity contribution in [3.63, 3.8) is 0 Å². The van der Waals surface area contributed by atoms with Gasteiger partial charge in [-0.1, -0.05) is 0 Å². The summed E-state index contributed by atoms with van der Waals surface area (Å²) in [5.41, 5.74) is 3.22. The highest BCUT2D eigenvalue weighted by Gasteiger charge is 2.43. The van der Waals surface area contributed by atoms with Crippen molar-refractivity contribution in [1.82, 2.24) is 0 Å². The monoisotopic (exact) mass is 250 g/mol. The maximum Gasteiger partial charge on any atom is 0.408 e. The molecular formula is C9H9F3N2O3. The molecule has 0 fully saturated rings. The van der Waals surface area contributed by atoms with E-state index in [1.807, 2.05) is 0 Å². The number of aryl methyl sites for hydroxylation is 1. The molecule has 0 radical (unpaired) electrons. The van der Waals surface area contributed by atoms with Gasteiger partial charge in [0.1, 0.15) is 11.8 Å². The quantitative estimate of drug-likeness (QED) is 0.621. The van der Waals surface area contributed by atoms with Crippen LogP contribution in [0.3, 0.4) is 0 Å². The summed E-state index contributed by atoms with van der Waals surface area (Å²) in [7, 11) is 0. The zero-order chi connectivity index (χ0) is 13.4. The number of rotatable bonds is 2. The van der Waals surface area contributed by atoms with E-state index >= 15 is 0 Å². The Morgan fingerprint density at radius 1 is 1.47 bits per heavy atom. The summed E-state index contributed by atoms with van der Waals surface area (Å²) >= 11 is 0. The molecule has 3 N–H and O–H groups in total. The number of nitrogens with zero attached hydrogens (tertiary/aromatic N) is 1. The van der Waals surface area contributed by atoms with E-state index in [0.717, 1.165) is 12.1 Å². The second-order valence-electron chi connectivity index (χ2n) is 3.44. The molecule has 0 amide bonds. The van der Waals surface area contributed by atoms with Crippen molar-refractivity contribution in [2.45, 2.75) is 19.1 Å². The minimum absolute atomic E-state index is 0.0882. The third-order valence-corrected chi connectivity index (χ3v) is 2.26. The van der Waals surface area contributed by atoms with Gasteiger partial charge in [-0.3, -0.25) is 10.1 Å². The highest BCUT2D eigenvalue weighted by molar-refractivity contribution is 5.54. The normalized spacial score (nSPS) is 13.5. The summed E-state index contributed by atoms with van der Waals surface area (Å²) in [4.78, 5) is 9.57. The van der Waals surface area contributed by atoms with Gasteiger partial charge in [-0.05, 0) is 18.6 Å². The first-order valence-corrected chi connectivity index (χ1v) is 4.45. The summed E-state index contributed by atoms with van der Waals surface area (Å²) < 4.78 is 37.3. The van der Waals surface area contributed by atoms with Crippen LogP contribution in [0.4, 0.5) is 18.9 Å². The Hall–Kier alpha value is -1.83. The molecule has 0 bridgehead atoms. The smallest absolute Gasteiger partial charge is 0.408 e. The molecule has 0 heterocycles. The summed E-state index contributed by atoms with van der Waals surface area (Å²) in [6.07, 6.45) is -4.87. The average Bonchev–Trinajstić information content (AvgIpc) is 2.19. The van der Waals surface area contributed by atoms with E-state index in [-0.39, 0.29) is 5.56 Å². The lowest BCUT2D eigenvalue weighted by atomic mass is 10.0. The molecule has 0 unspecified atom stereocenters. The number of halogens is 3. The molecule has 1 rings (SSSR count). The first kappa shape index (κ1) is 13.2. The fourth-order valence-electron chi connectivity index (χ4n) is 1.34. The first-order chi connectivity index (χ1) is 7.66. The van der Waals surface area contributed by atoms with Gasteiger partial charge in [-0.15, -0.1) is 0 Å². The van der Waals surface area contributed by atoms with E-state index in [1.54, 1.807) is 0 Å². The van der Waals surface area contributed by atoms with Crippen LogP contribution >= 0.6 is 0 Å². The average molecular weight is 250 g/mol. The Morgan fingerprint density at radius 2 is 2.00 bits per heavy atom. The molecule has 5 nitrogen and oxygen atoms in total. The van der Waals surface area contributed by atoms with Crippen LogP contribution in [0.25, 0.3) is 0 Å². The highest BCUT2D eigenvalue weighted by atomic mass is 19.4. The molecule has 8 heteroatoms. The number of nitro benzene ring substituents is 1. The molecule has 0 spiro atoms. The zero-order valence-corrected chi connectivity index (χ0v) is 8.65. The molecule has 17 heavy (non-hydrogen) atoms. The molecular weight excluding hydrogens is 241 g/mol. The van der Waals surface area contributed by atoms with E-state index in [0.29, 0.717) is 0 Å². The molecule has 0 saturated carbocycles. The second kappa shape index (κ2) is 4.21. The third-order valence-electron chi connectivity index (χ3n) is 2.26. The minimum Gasteiger partial charge on any atom is -0.507 e. The van der Waals surface area contributed by atoms with Crippen molar-refractivity contribution < 1.29 is 23.2 Å². The second-order valence-corrected chi connectivity index (χ2v) is 3.44. The number of phenolic OH excluding ortho intramolecular Hbond substituents is 1. The van der Waals surface area contributed by atoms with Crippen molar-refractivity contribution in [1.29, 1.82) is 0 Å². The molecule has 1 aromatic rings. The Kier molecular flexibility index (Phi) is 3.28. The standard InChI is InChI=1S/C9H9F3N2O3/c1-4-2-3-5(14(16)17)6(7(4)15)8(13)9(10,11)12/h2-3,8,15H,13H2,1H3/t8-/m0/s1. The number of nitro groups is 1. The van der Waals surface area contributed by atoms with Crippen LogP contribution in [-0.4, -0.2) is 16.2 Å². The van der Waals surface area contributed by atoms with E-state index < -0.39 is 34.1 Å². The van der Waals surface area contributed by atoms with Crippen molar-refractivity contribution in [3.8, 4) is 5.75 Å². The van der Waals surface area contributed by atoms with Crippen LogP contribution < -0.4 is 5.73 Å². The molecule has 1 atom stereocenters. The Balaban J connectivity index is 3.49. The van der Waals surface area contributed by atoms with Crippen molar-refractivity contribution >= 4 is 5.69 Å². The first-order valence-electron chi connectivity index (χ1n) is 4.45. The van der Waals surface area contributed by atoms with Crippen molar-refractivity contribution in [3.05, 3.63) is 33.4 Å². The predicted molar refractivity (Wildman–Crippen MR) is 52.5 cm³/mol. The lowest BCUT2D eigenvalue weighted by Crippen LogP contribution is -2.29. The lowest BCUT2D eigenvalue weighted by Gasteiger charge is -2.17. The number of nitrogens with two attached hydrogens (primary N) is 1. The number of hydrogen-bond donors (Lipinski definition) is 2. The fourth-order valence-corrected chi connectivity index (χ4v) is 1.34. The van der Waals surface area contributed by atoms with Crippen LogP contribution in [0.15, 0.2) is 12.1 Å². The van der Waals surface area contributed by atoms with Gasteiger partial charge in [0.2, 0.25) is 0 Å². The van der Waals surface area contributed by atoms with Crippen molar-refractivity contribution in [2.24, 2.45) is 5.73 Å². The number of aromatic hydroxyl groups is 1. The summed E-state index contributed by atoms with van der Waals surface area (Å²) in [6.45, 7) is 1.33. The molecule has 0 aliphatic rings. The van der Waals surface area contributed by atoms with Crippen LogP contribution in [0.2, 0.25) is 0 Å². The van der Waals surface area contributed by atoms with Crippen LogP contribution in [0.1, 0.15) is 17.2 Å². The lowest BCUT2D eigenvalue weighted by molar-refractivity contribution is -0.386. The minimum atomic E-state index is -4.87. The van der Waals surface area contributed by atoms with E-state index in [2.05, 4.69) is 0 Å². The molecule has 94 valence electrons. The van der Waals surface area contributed by atoms with Gasteiger partial charge in [-0.25, -0.2) is 0 Å². The molecule has 0 aliphatic carbocycles. The maximum atomic E-state index is 12.4. The van der Waals surface area contributed by atoms with E-state index in [1.165, 1.54) is 6.92 Å². The predicted octanol–water partition coefficient (Wildman–Crippen LogP) is 2.17. The van der Waals surface area contributed by atoms with Crippen molar-refractivity contribution in [2.75, 3.05) is 0 Å². The van der Waals surface area contributed by atoms with Gasteiger partial charge in [0.15, 0.2) is 0 Å². The number of hydrogen-bond acceptors (Lipinski definition) is 4. The van der Waals surface area contributed by atoms with E-state index in [9.17, 15) is 28.4 Å². The van der Waals surface area contributed by atoms with Crippen LogP contribution in [0.5, 0.6) is 5.75 Å². The molecule has 1 aromatic carbocycles. The number of phenols is 1. The van der Waals surface area contributed by atoms with Gasteiger partial charge in [0.05, 0.1) is 10.5 Å². The Bertz CT molecular complexity index is 460. The highest BCUT2D eigenvalue weighted by Crippen LogP contribution is 2.41. The summed E-state index contributed by atoms with van der Waals surface area (Å²) in [5, 5.41) is 20.1. The number of alkyl halides is 3. The molecule has 0 aromatic heterocycles. The fraction of sp³-hybridized carbons (Fsp3) is 0.333. The van der Waals surface area contributed by atoms with E-state index in [4.69, 9.17) is 5.73 Å². The van der Waals surface area contributed by atoms with Gasteiger partial charge >= 0.3 is 6.18 Å². The molecule has 0 aliphatic heterocycles. The maximum absolute atomic E-state index is 12.4. The van der Waals surface area contributed by atoms with Crippen LogP contribution in [-0.2, 0) is 0 Å². The van der Waals surface area contributed by atoms with Gasteiger partial charge in [0, 0.05) is 6.07 Å². The van der Waals surface area contributed by atoms with Gasteiger partial charge in [0.25, 0.3) is 5.69 Å². The van der Waals surface area contributed by atoms with Gasteiger partial charge in [-0.2, -0.15) is 13.2 Å². The largest absolute Gasteiger partial charge is 0.507 e. The Morgan fingerprint density at radius 3 is 2.41 bits per heavy atom. The summed E-state index contributed by atoms with van der Waals surface area (Å²) in [6, 6.07) is -0.557. The topological polar surface area (TPSA) is 89.4 Å². The SMILES string of the molecule is Cc1ccc([N+](=O)[O-])c([C@H](N)C(F)(F)F)c1O. The summed E-state index contributed by atoms with van der Waals surface area (Å²) in [5.74, 6) is -0.802. The van der Waals surface area contributed by atoms with Crippen LogP contribution in [0, 0.1) is 17.0 Å². The third kappa shape index (κ3) is 2.47. The number of benzene rings is 1. The van der Waals surface area contributed by atoms with Gasteiger partial charge < -0.3 is 10.8 Å². The zero-order valence-electron chi connectivity index (χ0n) is 8.65. The molecule has 0 saturated heterocycles. The Labute approximate surface area is 93.8 Å².